The van der Waals surface area contributed by atoms with Gasteiger partial charge in [-0.2, -0.15) is 0 Å². The van der Waals surface area contributed by atoms with E-state index in [0.717, 1.165) is 0 Å². The molecule has 3 amide bonds. The summed E-state index contributed by atoms with van der Waals surface area (Å²) in [5.74, 6) is -5.19. The number of unbranched alkanes of at least 4 members (excludes halogenated alkanes) is 1. The van der Waals surface area contributed by atoms with E-state index >= 15 is 0 Å². The monoisotopic (exact) mass is 509 g/mol. The molecular formula is C23H35N5O8. The Bertz CT molecular complexity index is 896. The topological polar surface area (TPSA) is 234 Å². The molecule has 0 bridgehead atoms. The summed E-state index contributed by atoms with van der Waals surface area (Å²) in [4.78, 5) is 60.7. The second-order valence-corrected chi connectivity index (χ2v) is 8.37. The van der Waals surface area contributed by atoms with Crippen molar-refractivity contribution >= 4 is 29.7 Å². The zero-order chi connectivity index (χ0) is 27.3. The van der Waals surface area contributed by atoms with Crippen molar-refractivity contribution in [1.82, 2.24) is 16.0 Å². The second kappa shape index (κ2) is 15.4. The van der Waals surface area contributed by atoms with Gasteiger partial charge in [-0.15, -0.1) is 0 Å². The van der Waals surface area contributed by atoms with Crippen LogP contribution in [0.25, 0.3) is 0 Å². The minimum Gasteiger partial charge on any atom is -0.481 e. The zero-order valence-corrected chi connectivity index (χ0v) is 20.1. The van der Waals surface area contributed by atoms with Crippen LogP contribution in [-0.2, 0) is 30.4 Å². The maximum Gasteiger partial charge on any atom is 0.328 e. The highest BCUT2D eigenvalue weighted by molar-refractivity contribution is 5.95. The van der Waals surface area contributed by atoms with Crippen LogP contribution in [0.5, 0.6) is 0 Å². The van der Waals surface area contributed by atoms with Crippen molar-refractivity contribution in [2.24, 2.45) is 11.5 Å². The molecule has 0 aliphatic heterocycles. The van der Waals surface area contributed by atoms with Gasteiger partial charge in [0.1, 0.15) is 12.1 Å². The number of carboxylic acids is 2. The SMILES string of the molecule is CC(O)C(NC(=O)C(CCCCN)NC(=O)C(Cc1ccccc1)NC(=O)C(N)CC(=O)O)C(=O)O. The average molecular weight is 510 g/mol. The molecule has 0 saturated carbocycles. The number of hydrogen-bond donors (Lipinski definition) is 8. The Labute approximate surface area is 208 Å². The third-order valence-electron chi connectivity index (χ3n) is 5.27. The van der Waals surface area contributed by atoms with E-state index in [4.69, 9.17) is 16.6 Å². The maximum atomic E-state index is 13.2. The van der Waals surface area contributed by atoms with Crippen molar-refractivity contribution in [3.05, 3.63) is 35.9 Å². The Hall–Kier alpha value is -3.55. The van der Waals surface area contributed by atoms with E-state index < -0.39 is 66.4 Å². The summed E-state index contributed by atoms with van der Waals surface area (Å²) in [6.07, 6.45) is -0.946. The molecule has 1 rings (SSSR count). The lowest BCUT2D eigenvalue weighted by Gasteiger charge is -2.26. The first-order valence-electron chi connectivity index (χ1n) is 11.5. The van der Waals surface area contributed by atoms with Crippen LogP contribution >= 0.6 is 0 Å². The van der Waals surface area contributed by atoms with E-state index in [1.807, 2.05) is 0 Å². The molecule has 5 atom stereocenters. The first kappa shape index (κ1) is 30.5. The summed E-state index contributed by atoms with van der Waals surface area (Å²) in [7, 11) is 0. The highest BCUT2D eigenvalue weighted by Gasteiger charge is 2.32. The van der Waals surface area contributed by atoms with Crippen molar-refractivity contribution in [3.8, 4) is 0 Å². The molecule has 0 aliphatic carbocycles. The van der Waals surface area contributed by atoms with Gasteiger partial charge in [0, 0.05) is 6.42 Å². The summed E-state index contributed by atoms with van der Waals surface area (Å²) in [6, 6.07) is 3.26. The summed E-state index contributed by atoms with van der Waals surface area (Å²) in [5.41, 5.74) is 11.8. The van der Waals surface area contributed by atoms with Crippen molar-refractivity contribution in [3.63, 3.8) is 0 Å². The number of nitrogens with one attached hydrogen (secondary N) is 3. The van der Waals surface area contributed by atoms with Gasteiger partial charge in [-0.25, -0.2) is 4.79 Å². The van der Waals surface area contributed by atoms with Crippen molar-refractivity contribution in [2.45, 2.75) is 69.3 Å². The lowest BCUT2D eigenvalue weighted by Crippen LogP contribution is -2.58. The third kappa shape index (κ3) is 10.8. The van der Waals surface area contributed by atoms with Gasteiger partial charge in [0.05, 0.1) is 18.6 Å². The van der Waals surface area contributed by atoms with E-state index in [9.17, 15) is 34.2 Å². The highest BCUT2D eigenvalue weighted by atomic mass is 16.4. The molecule has 13 nitrogen and oxygen atoms in total. The number of rotatable bonds is 16. The minimum absolute atomic E-state index is 0.0147. The Kier molecular flexibility index (Phi) is 13.1. The van der Waals surface area contributed by atoms with Gasteiger partial charge < -0.3 is 42.7 Å². The lowest BCUT2D eigenvalue weighted by atomic mass is 10.0. The van der Waals surface area contributed by atoms with Crippen LogP contribution in [0.1, 0.15) is 38.2 Å². The number of aliphatic hydroxyl groups is 1. The number of benzene rings is 1. The van der Waals surface area contributed by atoms with Crippen LogP contribution in [0.3, 0.4) is 0 Å². The van der Waals surface area contributed by atoms with E-state index in [0.29, 0.717) is 24.9 Å². The lowest BCUT2D eigenvalue weighted by molar-refractivity contribution is -0.145. The van der Waals surface area contributed by atoms with Crippen LogP contribution in [0, 0.1) is 0 Å². The molecule has 1 aromatic carbocycles. The van der Waals surface area contributed by atoms with Gasteiger partial charge in [0.2, 0.25) is 17.7 Å². The standard InChI is InChI=1S/C23H35N5O8/c1-13(29)19(23(35)36)28-21(33)16(9-5-6-10-24)26-22(34)17(11-14-7-3-2-4-8-14)27-20(32)15(25)12-18(30)31/h2-4,7-8,13,15-17,19,29H,5-6,9-12,24-25H2,1H3,(H,26,34)(H,27,32)(H,28,33)(H,30,31)(H,35,36). The van der Waals surface area contributed by atoms with Crippen LogP contribution in [0.2, 0.25) is 0 Å². The van der Waals surface area contributed by atoms with E-state index in [-0.39, 0.29) is 12.8 Å². The largest absolute Gasteiger partial charge is 0.481 e. The predicted octanol–water partition coefficient (Wildman–Crippen LogP) is -1.92. The van der Waals surface area contributed by atoms with Gasteiger partial charge in [-0.3, -0.25) is 19.2 Å². The van der Waals surface area contributed by atoms with Crippen LogP contribution in [0.4, 0.5) is 0 Å². The number of carbonyl (C=O) groups excluding carboxylic acids is 3. The molecule has 0 spiro atoms. The smallest absolute Gasteiger partial charge is 0.328 e. The summed E-state index contributed by atoms with van der Waals surface area (Å²) >= 11 is 0. The summed E-state index contributed by atoms with van der Waals surface area (Å²) < 4.78 is 0. The Morgan fingerprint density at radius 3 is 2.00 bits per heavy atom. The molecule has 200 valence electrons. The molecule has 0 heterocycles. The average Bonchev–Trinajstić information content (AvgIpc) is 2.81. The third-order valence-corrected chi connectivity index (χ3v) is 5.27. The van der Waals surface area contributed by atoms with Crippen LogP contribution in [-0.4, -0.2) is 81.8 Å². The fourth-order valence-corrected chi connectivity index (χ4v) is 3.30. The minimum atomic E-state index is -1.60. The highest BCUT2D eigenvalue weighted by Crippen LogP contribution is 2.08. The zero-order valence-electron chi connectivity index (χ0n) is 20.1. The van der Waals surface area contributed by atoms with Gasteiger partial charge >= 0.3 is 11.9 Å². The molecule has 0 aromatic heterocycles. The van der Waals surface area contributed by atoms with Crippen LogP contribution < -0.4 is 27.4 Å². The molecule has 13 heteroatoms. The second-order valence-electron chi connectivity index (χ2n) is 8.37. The predicted molar refractivity (Wildman–Crippen MR) is 128 cm³/mol. The first-order chi connectivity index (χ1) is 17.0. The van der Waals surface area contributed by atoms with Gasteiger partial charge in [0.25, 0.3) is 0 Å². The number of carbonyl (C=O) groups is 5. The molecule has 0 radical (unpaired) electrons. The molecule has 10 N–H and O–H groups in total. The van der Waals surface area contributed by atoms with Gasteiger partial charge in [0.15, 0.2) is 6.04 Å². The number of aliphatic carboxylic acids is 2. The molecular weight excluding hydrogens is 474 g/mol. The molecule has 1 aromatic rings. The quantitative estimate of drug-likeness (QED) is 0.115. The van der Waals surface area contributed by atoms with Gasteiger partial charge in [-0.1, -0.05) is 30.3 Å². The van der Waals surface area contributed by atoms with E-state index in [2.05, 4.69) is 16.0 Å². The number of hydrogen-bond acceptors (Lipinski definition) is 8. The first-order valence-corrected chi connectivity index (χ1v) is 11.5. The fourth-order valence-electron chi connectivity index (χ4n) is 3.30. The number of aliphatic hydroxyl groups excluding tert-OH is 1. The molecule has 0 fully saturated rings. The van der Waals surface area contributed by atoms with Crippen molar-refractivity contribution in [1.29, 1.82) is 0 Å². The Morgan fingerprint density at radius 1 is 0.889 bits per heavy atom. The number of nitrogens with two attached hydrogens (primary N) is 2. The normalized spacial score (nSPS) is 15.0. The molecule has 0 aliphatic rings. The van der Waals surface area contributed by atoms with Crippen molar-refractivity contribution in [2.75, 3.05) is 6.54 Å². The van der Waals surface area contributed by atoms with E-state index in [1.54, 1.807) is 30.3 Å². The maximum absolute atomic E-state index is 13.2. The Morgan fingerprint density at radius 2 is 1.47 bits per heavy atom. The fraction of sp³-hybridized carbons (Fsp3) is 0.522. The summed E-state index contributed by atoms with van der Waals surface area (Å²) in [6.45, 7) is 1.54. The van der Waals surface area contributed by atoms with E-state index in [1.165, 1.54) is 6.92 Å². The molecule has 0 saturated heterocycles. The van der Waals surface area contributed by atoms with Gasteiger partial charge in [-0.05, 0) is 38.3 Å². The number of carboxylic acid groups (broad SMARTS) is 2. The summed E-state index contributed by atoms with van der Waals surface area (Å²) in [5, 5.41) is 35.0. The van der Waals surface area contributed by atoms with Crippen LogP contribution in [0.15, 0.2) is 30.3 Å². The molecule has 36 heavy (non-hydrogen) atoms. The Balaban J connectivity index is 3.11. The molecule has 5 unspecified atom stereocenters. The van der Waals surface area contributed by atoms with Crippen molar-refractivity contribution < 1.29 is 39.3 Å². The number of amides is 3.